The van der Waals surface area contributed by atoms with Gasteiger partial charge in [0.05, 0.1) is 25.2 Å². The molecule has 0 saturated carbocycles. The number of hydrogen-bond donors (Lipinski definition) is 0. The standard InChI is InChI=1S/C21H23N7OS/c1-26-8-9-27(14-20-22-7-10-30-20)13-18(26)21-17-5-3-16(12-28(17)25-24-21)15-4-6-19(29-2)23-11-15/h3-7,10-12,18H,8-9,13-14H2,1-2H3. The first-order valence-electron chi connectivity index (χ1n) is 9.87. The Labute approximate surface area is 178 Å². The quantitative estimate of drug-likeness (QED) is 0.491. The number of methoxy groups -OCH3 is 1. The molecule has 4 aromatic rings. The predicted octanol–water partition coefficient (Wildman–Crippen LogP) is 2.75. The van der Waals surface area contributed by atoms with Gasteiger partial charge in [0.15, 0.2) is 0 Å². The van der Waals surface area contributed by atoms with Gasteiger partial charge in [-0.1, -0.05) is 11.3 Å². The van der Waals surface area contributed by atoms with E-state index in [1.807, 2.05) is 40.6 Å². The first-order chi connectivity index (χ1) is 14.7. The third-order valence-electron chi connectivity index (χ3n) is 5.61. The average Bonchev–Trinajstić information content (AvgIpc) is 3.44. The third kappa shape index (κ3) is 3.67. The van der Waals surface area contributed by atoms with Gasteiger partial charge in [0.1, 0.15) is 10.7 Å². The van der Waals surface area contributed by atoms with Crippen molar-refractivity contribution in [2.45, 2.75) is 12.6 Å². The molecule has 5 heterocycles. The highest BCUT2D eigenvalue weighted by Gasteiger charge is 2.29. The van der Waals surface area contributed by atoms with Gasteiger partial charge in [-0.15, -0.1) is 16.4 Å². The van der Waals surface area contributed by atoms with E-state index in [1.54, 1.807) is 18.4 Å². The number of nitrogens with zero attached hydrogens (tertiary/aromatic N) is 7. The molecule has 0 bridgehead atoms. The SMILES string of the molecule is COc1ccc(-c2ccc3c(C4CN(Cc5nccs5)CCN4C)nnn3c2)cn1. The molecule has 1 atom stereocenters. The van der Waals surface area contributed by atoms with Crippen LogP contribution in [-0.4, -0.2) is 68.4 Å². The fourth-order valence-corrected chi connectivity index (χ4v) is 4.54. The smallest absolute Gasteiger partial charge is 0.212 e. The van der Waals surface area contributed by atoms with Crippen LogP contribution >= 0.6 is 11.3 Å². The molecule has 0 aromatic carbocycles. The average molecular weight is 422 g/mol. The minimum absolute atomic E-state index is 0.199. The van der Waals surface area contributed by atoms with Crippen LogP contribution in [0.4, 0.5) is 0 Å². The second kappa shape index (κ2) is 8.10. The van der Waals surface area contributed by atoms with E-state index in [2.05, 4.69) is 49.3 Å². The zero-order valence-corrected chi connectivity index (χ0v) is 17.8. The molecular weight excluding hydrogens is 398 g/mol. The Hall–Kier alpha value is -2.88. The molecule has 1 saturated heterocycles. The maximum atomic E-state index is 5.15. The molecule has 1 aliphatic rings. The van der Waals surface area contributed by atoms with Crippen molar-refractivity contribution in [2.24, 2.45) is 0 Å². The van der Waals surface area contributed by atoms with Crippen molar-refractivity contribution in [2.75, 3.05) is 33.8 Å². The molecule has 0 radical (unpaired) electrons. The third-order valence-corrected chi connectivity index (χ3v) is 6.37. The second-order valence-corrected chi connectivity index (χ2v) is 8.45. The molecule has 4 aromatic heterocycles. The number of hydrogen-bond acceptors (Lipinski definition) is 8. The normalized spacial score (nSPS) is 18.1. The zero-order valence-electron chi connectivity index (χ0n) is 17.0. The highest BCUT2D eigenvalue weighted by atomic mass is 32.1. The largest absolute Gasteiger partial charge is 0.481 e. The maximum absolute atomic E-state index is 5.15. The molecule has 154 valence electrons. The summed E-state index contributed by atoms with van der Waals surface area (Å²) in [5.74, 6) is 0.602. The van der Waals surface area contributed by atoms with Crippen LogP contribution in [0.3, 0.4) is 0 Å². The number of thiazole rings is 1. The lowest BCUT2D eigenvalue weighted by molar-refractivity contribution is 0.0889. The highest BCUT2D eigenvalue weighted by molar-refractivity contribution is 7.09. The number of fused-ring (bicyclic) bond motifs is 1. The number of aromatic nitrogens is 5. The van der Waals surface area contributed by atoms with E-state index in [0.717, 1.165) is 53.5 Å². The summed E-state index contributed by atoms with van der Waals surface area (Å²) in [6, 6.07) is 8.26. The van der Waals surface area contributed by atoms with Crippen LogP contribution in [0.25, 0.3) is 16.6 Å². The Morgan fingerprint density at radius 1 is 1.13 bits per heavy atom. The molecule has 1 unspecified atom stereocenters. The molecule has 30 heavy (non-hydrogen) atoms. The van der Waals surface area contributed by atoms with Crippen LogP contribution in [0.5, 0.6) is 5.88 Å². The molecule has 8 nitrogen and oxygen atoms in total. The van der Waals surface area contributed by atoms with Gasteiger partial charge >= 0.3 is 0 Å². The highest BCUT2D eigenvalue weighted by Crippen LogP contribution is 2.28. The van der Waals surface area contributed by atoms with E-state index in [-0.39, 0.29) is 6.04 Å². The van der Waals surface area contributed by atoms with E-state index < -0.39 is 0 Å². The summed E-state index contributed by atoms with van der Waals surface area (Å²) < 4.78 is 7.01. The van der Waals surface area contributed by atoms with Gasteiger partial charge in [-0.3, -0.25) is 9.80 Å². The second-order valence-electron chi connectivity index (χ2n) is 7.47. The van der Waals surface area contributed by atoms with Gasteiger partial charge in [0, 0.05) is 60.8 Å². The summed E-state index contributed by atoms with van der Waals surface area (Å²) in [5, 5.41) is 12.2. The van der Waals surface area contributed by atoms with Crippen LogP contribution in [-0.2, 0) is 6.54 Å². The van der Waals surface area contributed by atoms with E-state index in [0.29, 0.717) is 5.88 Å². The number of pyridine rings is 2. The summed E-state index contributed by atoms with van der Waals surface area (Å²) in [4.78, 5) is 13.5. The van der Waals surface area contributed by atoms with Gasteiger partial charge in [-0.05, 0) is 19.2 Å². The lowest BCUT2D eigenvalue weighted by Crippen LogP contribution is -2.46. The van der Waals surface area contributed by atoms with Crippen molar-refractivity contribution in [3.8, 4) is 17.0 Å². The molecule has 0 N–H and O–H groups in total. The van der Waals surface area contributed by atoms with E-state index >= 15 is 0 Å². The van der Waals surface area contributed by atoms with Crippen LogP contribution in [0.1, 0.15) is 16.7 Å². The van der Waals surface area contributed by atoms with Crippen molar-refractivity contribution in [1.29, 1.82) is 0 Å². The van der Waals surface area contributed by atoms with E-state index in [9.17, 15) is 0 Å². The Morgan fingerprint density at radius 3 is 2.80 bits per heavy atom. The van der Waals surface area contributed by atoms with Crippen LogP contribution in [0.15, 0.2) is 48.2 Å². The fourth-order valence-electron chi connectivity index (χ4n) is 3.89. The molecule has 0 spiro atoms. The predicted molar refractivity (Wildman–Crippen MR) is 116 cm³/mol. The van der Waals surface area contributed by atoms with E-state index in [1.165, 1.54) is 0 Å². The van der Waals surface area contributed by atoms with Crippen molar-refractivity contribution in [1.82, 2.24) is 34.6 Å². The van der Waals surface area contributed by atoms with Gasteiger partial charge in [0.25, 0.3) is 0 Å². The minimum atomic E-state index is 0.199. The van der Waals surface area contributed by atoms with Gasteiger partial charge in [-0.2, -0.15) is 0 Å². The van der Waals surface area contributed by atoms with Gasteiger partial charge in [0.2, 0.25) is 5.88 Å². The Balaban J connectivity index is 1.40. The summed E-state index contributed by atoms with van der Waals surface area (Å²) in [6.07, 6.45) is 5.69. The van der Waals surface area contributed by atoms with Crippen LogP contribution < -0.4 is 4.74 Å². The Kier molecular flexibility index (Phi) is 5.16. The van der Waals surface area contributed by atoms with Crippen molar-refractivity contribution < 1.29 is 4.74 Å². The molecule has 0 amide bonds. The molecule has 0 aliphatic carbocycles. The minimum Gasteiger partial charge on any atom is -0.481 e. The van der Waals surface area contributed by atoms with Crippen molar-refractivity contribution >= 4 is 16.9 Å². The summed E-state index contributed by atoms with van der Waals surface area (Å²) in [5.41, 5.74) is 4.10. The lowest BCUT2D eigenvalue weighted by Gasteiger charge is -2.38. The zero-order chi connectivity index (χ0) is 20.5. The maximum Gasteiger partial charge on any atom is 0.212 e. The summed E-state index contributed by atoms with van der Waals surface area (Å²) in [6.45, 7) is 3.81. The molecular formula is C21H23N7OS. The first-order valence-corrected chi connectivity index (χ1v) is 10.8. The molecule has 9 heteroatoms. The van der Waals surface area contributed by atoms with E-state index in [4.69, 9.17) is 4.74 Å². The molecule has 5 rings (SSSR count). The number of piperazine rings is 1. The molecule has 1 aliphatic heterocycles. The molecule has 1 fully saturated rings. The van der Waals surface area contributed by atoms with Gasteiger partial charge < -0.3 is 4.74 Å². The monoisotopic (exact) mass is 421 g/mol. The Bertz CT molecular complexity index is 1130. The lowest BCUT2D eigenvalue weighted by atomic mass is 10.1. The van der Waals surface area contributed by atoms with Crippen molar-refractivity contribution in [3.05, 3.63) is 58.9 Å². The fraction of sp³-hybridized carbons (Fsp3) is 0.333. The van der Waals surface area contributed by atoms with Crippen LogP contribution in [0, 0.1) is 0 Å². The Morgan fingerprint density at radius 2 is 2.03 bits per heavy atom. The number of likely N-dealkylation sites (N-methyl/N-ethyl adjacent to an activating group) is 1. The topological polar surface area (TPSA) is 71.7 Å². The van der Waals surface area contributed by atoms with Crippen LogP contribution in [0.2, 0.25) is 0 Å². The summed E-state index contributed by atoms with van der Waals surface area (Å²) >= 11 is 1.71. The van der Waals surface area contributed by atoms with Gasteiger partial charge in [-0.25, -0.2) is 14.5 Å². The number of rotatable bonds is 5. The first kappa shape index (κ1) is 19.1. The number of ether oxygens (including phenoxy) is 1. The summed E-state index contributed by atoms with van der Waals surface area (Å²) in [7, 11) is 3.78. The van der Waals surface area contributed by atoms with Crippen molar-refractivity contribution in [3.63, 3.8) is 0 Å².